The highest BCUT2D eigenvalue weighted by atomic mass is 35.5. The second-order valence-corrected chi connectivity index (χ2v) is 5.72. The van der Waals surface area contributed by atoms with E-state index in [-0.39, 0.29) is 0 Å². The standard InChI is InChI=1S/C20H13ClN2/c21-16-11-12-17-18(13-16)23-20(15-9-5-2-6-10-15)19(22-17)14-7-3-1-4-8-14/h1-13H. The van der Waals surface area contributed by atoms with Crippen LogP contribution in [0, 0.1) is 0 Å². The normalized spacial score (nSPS) is 10.8. The van der Waals surface area contributed by atoms with Crippen molar-refractivity contribution in [1.82, 2.24) is 9.97 Å². The van der Waals surface area contributed by atoms with Gasteiger partial charge in [0.05, 0.1) is 22.4 Å². The molecule has 0 aliphatic carbocycles. The summed E-state index contributed by atoms with van der Waals surface area (Å²) in [5.74, 6) is 0. The van der Waals surface area contributed by atoms with Crippen LogP contribution in [-0.4, -0.2) is 9.97 Å². The Kier molecular flexibility index (Phi) is 3.52. The molecule has 2 nitrogen and oxygen atoms in total. The van der Waals surface area contributed by atoms with Crippen molar-refractivity contribution in [2.75, 3.05) is 0 Å². The van der Waals surface area contributed by atoms with E-state index in [0.717, 1.165) is 33.5 Å². The summed E-state index contributed by atoms with van der Waals surface area (Å²) in [5, 5.41) is 0.665. The molecule has 0 N–H and O–H groups in total. The second kappa shape index (κ2) is 5.82. The van der Waals surface area contributed by atoms with E-state index in [1.54, 1.807) is 0 Å². The van der Waals surface area contributed by atoms with Gasteiger partial charge in [-0.15, -0.1) is 0 Å². The summed E-state index contributed by atoms with van der Waals surface area (Å²) in [7, 11) is 0. The van der Waals surface area contributed by atoms with Gasteiger partial charge in [0.1, 0.15) is 0 Å². The zero-order valence-electron chi connectivity index (χ0n) is 12.3. The Hall–Kier alpha value is -2.71. The Morgan fingerprint density at radius 1 is 0.565 bits per heavy atom. The molecule has 0 saturated carbocycles. The van der Waals surface area contributed by atoms with Gasteiger partial charge in [0.15, 0.2) is 0 Å². The van der Waals surface area contributed by atoms with Gasteiger partial charge in [-0.05, 0) is 18.2 Å². The predicted molar refractivity (Wildman–Crippen MR) is 95.4 cm³/mol. The quantitative estimate of drug-likeness (QED) is 0.480. The molecule has 0 unspecified atom stereocenters. The smallest absolute Gasteiger partial charge is 0.0973 e. The number of fused-ring (bicyclic) bond motifs is 1. The number of hydrogen-bond acceptors (Lipinski definition) is 2. The third-order valence-electron chi connectivity index (χ3n) is 3.72. The topological polar surface area (TPSA) is 25.8 Å². The van der Waals surface area contributed by atoms with Crippen molar-refractivity contribution in [3.63, 3.8) is 0 Å². The van der Waals surface area contributed by atoms with Crippen LogP contribution in [0.2, 0.25) is 5.02 Å². The lowest BCUT2D eigenvalue weighted by Crippen LogP contribution is -1.95. The first kappa shape index (κ1) is 13.9. The van der Waals surface area contributed by atoms with Crippen molar-refractivity contribution in [3.8, 4) is 22.5 Å². The molecule has 1 heterocycles. The molecule has 4 aromatic rings. The second-order valence-electron chi connectivity index (χ2n) is 5.29. The zero-order chi connectivity index (χ0) is 15.6. The van der Waals surface area contributed by atoms with Crippen LogP contribution in [0.4, 0.5) is 0 Å². The van der Waals surface area contributed by atoms with Gasteiger partial charge in [0.25, 0.3) is 0 Å². The van der Waals surface area contributed by atoms with Crippen molar-refractivity contribution < 1.29 is 0 Å². The molecule has 4 rings (SSSR count). The zero-order valence-corrected chi connectivity index (χ0v) is 13.0. The number of halogens is 1. The van der Waals surface area contributed by atoms with Crippen molar-refractivity contribution in [1.29, 1.82) is 0 Å². The Labute approximate surface area is 139 Å². The molecule has 0 bridgehead atoms. The molecule has 110 valence electrons. The molecule has 0 radical (unpaired) electrons. The van der Waals surface area contributed by atoms with Crippen LogP contribution in [0.15, 0.2) is 78.9 Å². The first-order valence-corrected chi connectivity index (χ1v) is 7.77. The van der Waals surface area contributed by atoms with E-state index in [0.29, 0.717) is 5.02 Å². The molecule has 23 heavy (non-hydrogen) atoms. The van der Waals surface area contributed by atoms with Crippen molar-refractivity contribution in [2.24, 2.45) is 0 Å². The van der Waals surface area contributed by atoms with Crippen LogP contribution in [0.3, 0.4) is 0 Å². The van der Waals surface area contributed by atoms with E-state index < -0.39 is 0 Å². The van der Waals surface area contributed by atoms with Crippen LogP contribution < -0.4 is 0 Å². The van der Waals surface area contributed by atoms with E-state index in [9.17, 15) is 0 Å². The number of rotatable bonds is 2. The largest absolute Gasteiger partial charge is 0.244 e. The summed E-state index contributed by atoms with van der Waals surface area (Å²) >= 11 is 6.11. The Balaban J connectivity index is 2.04. The lowest BCUT2D eigenvalue weighted by Gasteiger charge is -2.10. The van der Waals surface area contributed by atoms with Gasteiger partial charge in [-0.3, -0.25) is 0 Å². The fourth-order valence-corrected chi connectivity index (χ4v) is 2.79. The minimum atomic E-state index is 0.665. The summed E-state index contributed by atoms with van der Waals surface area (Å²) in [6, 6.07) is 25.8. The highest BCUT2D eigenvalue weighted by Crippen LogP contribution is 2.31. The molecule has 0 amide bonds. The summed E-state index contributed by atoms with van der Waals surface area (Å²) in [4.78, 5) is 9.68. The molecule has 0 fully saturated rings. The highest BCUT2D eigenvalue weighted by molar-refractivity contribution is 6.31. The maximum absolute atomic E-state index is 6.11. The fourth-order valence-electron chi connectivity index (χ4n) is 2.62. The molecule has 0 aliphatic heterocycles. The number of benzene rings is 3. The summed E-state index contributed by atoms with van der Waals surface area (Å²) < 4.78 is 0. The molecular weight excluding hydrogens is 304 g/mol. The van der Waals surface area contributed by atoms with Crippen LogP contribution in [-0.2, 0) is 0 Å². The Morgan fingerprint density at radius 2 is 1.09 bits per heavy atom. The Bertz CT molecular complexity index is 967. The van der Waals surface area contributed by atoms with Gasteiger partial charge in [-0.1, -0.05) is 72.3 Å². The number of aromatic nitrogens is 2. The lowest BCUT2D eigenvalue weighted by atomic mass is 10.0. The van der Waals surface area contributed by atoms with E-state index in [4.69, 9.17) is 21.6 Å². The maximum atomic E-state index is 6.11. The van der Waals surface area contributed by atoms with Crippen molar-refractivity contribution in [3.05, 3.63) is 83.9 Å². The van der Waals surface area contributed by atoms with Gasteiger partial charge in [-0.25, -0.2) is 9.97 Å². The van der Waals surface area contributed by atoms with Gasteiger partial charge in [-0.2, -0.15) is 0 Å². The Morgan fingerprint density at radius 3 is 1.65 bits per heavy atom. The lowest BCUT2D eigenvalue weighted by molar-refractivity contribution is 1.29. The molecule has 0 aliphatic rings. The van der Waals surface area contributed by atoms with E-state index >= 15 is 0 Å². The SMILES string of the molecule is Clc1ccc2nc(-c3ccccc3)c(-c3ccccc3)nc2c1. The first-order chi connectivity index (χ1) is 11.3. The number of nitrogens with zero attached hydrogens (tertiary/aromatic N) is 2. The van der Waals surface area contributed by atoms with Crippen LogP contribution in [0.5, 0.6) is 0 Å². The predicted octanol–water partition coefficient (Wildman–Crippen LogP) is 5.62. The highest BCUT2D eigenvalue weighted by Gasteiger charge is 2.12. The monoisotopic (exact) mass is 316 g/mol. The van der Waals surface area contributed by atoms with Gasteiger partial charge < -0.3 is 0 Å². The van der Waals surface area contributed by atoms with E-state index in [1.807, 2.05) is 66.7 Å². The summed E-state index contributed by atoms with van der Waals surface area (Å²) in [5.41, 5.74) is 5.48. The third kappa shape index (κ3) is 2.69. The molecule has 0 atom stereocenters. The third-order valence-corrected chi connectivity index (χ3v) is 3.96. The average Bonchev–Trinajstić information content (AvgIpc) is 2.62. The molecule has 1 aromatic heterocycles. The minimum Gasteiger partial charge on any atom is -0.244 e. The molecule has 0 spiro atoms. The molecular formula is C20H13ClN2. The van der Waals surface area contributed by atoms with Crippen LogP contribution in [0.1, 0.15) is 0 Å². The maximum Gasteiger partial charge on any atom is 0.0973 e. The van der Waals surface area contributed by atoms with E-state index in [2.05, 4.69) is 12.1 Å². The first-order valence-electron chi connectivity index (χ1n) is 7.39. The molecule has 3 heteroatoms. The van der Waals surface area contributed by atoms with Crippen LogP contribution >= 0.6 is 11.6 Å². The van der Waals surface area contributed by atoms with Gasteiger partial charge >= 0.3 is 0 Å². The van der Waals surface area contributed by atoms with Crippen molar-refractivity contribution >= 4 is 22.6 Å². The molecule has 3 aromatic carbocycles. The van der Waals surface area contributed by atoms with Crippen LogP contribution in [0.25, 0.3) is 33.5 Å². The van der Waals surface area contributed by atoms with Gasteiger partial charge in [0.2, 0.25) is 0 Å². The summed E-state index contributed by atoms with van der Waals surface area (Å²) in [6.45, 7) is 0. The van der Waals surface area contributed by atoms with Crippen molar-refractivity contribution in [2.45, 2.75) is 0 Å². The molecule has 0 saturated heterocycles. The minimum absolute atomic E-state index is 0.665. The number of hydrogen-bond donors (Lipinski definition) is 0. The average molecular weight is 317 g/mol. The summed E-state index contributed by atoms with van der Waals surface area (Å²) in [6.07, 6.45) is 0. The van der Waals surface area contributed by atoms with Gasteiger partial charge in [0, 0.05) is 16.1 Å². The fraction of sp³-hybridized carbons (Fsp3) is 0. The van der Waals surface area contributed by atoms with E-state index in [1.165, 1.54) is 0 Å².